The maximum absolute atomic E-state index is 5.67. The Kier molecular flexibility index (Phi) is 4.35. The summed E-state index contributed by atoms with van der Waals surface area (Å²) in [5, 5.41) is 12.0. The van der Waals surface area contributed by atoms with Crippen LogP contribution in [0.5, 0.6) is 0 Å². The predicted octanol–water partition coefficient (Wildman–Crippen LogP) is 1.60. The zero-order chi connectivity index (χ0) is 13.1. The van der Waals surface area contributed by atoms with E-state index in [0.717, 1.165) is 31.2 Å². The Morgan fingerprint density at radius 1 is 1.39 bits per heavy atom. The van der Waals surface area contributed by atoms with Crippen LogP contribution in [0, 0.1) is 0 Å². The molecule has 2 atom stereocenters. The van der Waals surface area contributed by atoms with Crippen LogP contribution in [0.4, 0.5) is 0 Å². The molecular weight excluding hydrogens is 228 g/mol. The summed E-state index contributed by atoms with van der Waals surface area (Å²) in [4.78, 5) is 0. The van der Waals surface area contributed by atoms with Crippen molar-refractivity contribution >= 4 is 0 Å². The monoisotopic (exact) mass is 252 g/mol. The van der Waals surface area contributed by atoms with Crippen LogP contribution < -0.4 is 5.32 Å². The van der Waals surface area contributed by atoms with Gasteiger partial charge in [0, 0.05) is 25.6 Å². The van der Waals surface area contributed by atoms with Crippen molar-refractivity contribution in [3.05, 3.63) is 11.6 Å². The molecule has 0 amide bonds. The molecule has 1 aliphatic heterocycles. The average molecular weight is 252 g/mol. The van der Waals surface area contributed by atoms with E-state index in [1.807, 2.05) is 7.05 Å². The molecule has 0 bridgehead atoms. The van der Waals surface area contributed by atoms with Crippen LogP contribution in [0.3, 0.4) is 0 Å². The van der Waals surface area contributed by atoms with Crippen LogP contribution >= 0.6 is 0 Å². The zero-order valence-corrected chi connectivity index (χ0v) is 11.8. The van der Waals surface area contributed by atoms with Gasteiger partial charge >= 0.3 is 0 Å². The molecule has 0 aliphatic carbocycles. The lowest BCUT2D eigenvalue weighted by atomic mass is 10.1. The van der Waals surface area contributed by atoms with E-state index in [1.54, 1.807) is 0 Å². The highest BCUT2D eigenvalue weighted by molar-refractivity contribution is 4.99. The molecule has 1 fully saturated rings. The molecule has 0 aromatic carbocycles. The van der Waals surface area contributed by atoms with Crippen molar-refractivity contribution in [3.8, 4) is 0 Å². The second-order valence-electron chi connectivity index (χ2n) is 5.41. The van der Waals surface area contributed by atoms with Crippen LogP contribution in [0.2, 0.25) is 0 Å². The first kappa shape index (κ1) is 13.5. The van der Waals surface area contributed by atoms with Gasteiger partial charge in [-0.2, -0.15) is 0 Å². The average Bonchev–Trinajstić information content (AvgIpc) is 2.95. The smallest absolute Gasteiger partial charge is 0.146 e. The largest absolute Gasteiger partial charge is 0.377 e. The Labute approximate surface area is 109 Å². The van der Waals surface area contributed by atoms with Crippen molar-refractivity contribution in [2.45, 2.75) is 58.2 Å². The molecule has 5 nitrogen and oxygen atoms in total. The van der Waals surface area contributed by atoms with E-state index in [9.17, 15) is 0 Å². The molecule has 0 radical (unpaired) electrons. The summed E-state index contributed by atoms with van der Waals surface area (Å²) in [5.74, 6) is 2.44. The van der Waals surface area contributed by atoms with E-state index in [1.165, 1.54) is 6.42 Å². The second-order valence-corrected chi connectivity index (χ2v) is 5.41. The van der Waals surface area contributed by atoms with Crippen molar-refractivity contribution in [1.82, 2.24) is 20.1 Å². The van der Waals surface area contributed by atoms with Crippen LogP contribution in [0.15, 0.2) is 0 Å². The number of hydrogen-bond donors (Lipinski definition) is 1. The number of aromatic nitrogens is 3. The topological polar surface area (TPSA) is 52.0 Å². The lowest BCUT2D eigenvalue weighted by Gasteiger charge is -2.19. The molecule has 102 valence electrons. The molecule has 18 heavy (non-hydrogen) atoms. The van der Waals surface area contributed by atoms with Gasteiger partial charge in [0.15, 0.2) is 0 Å². The molecule has 1 aromatic rings. The summed E-state index contributed by atoms with van der Waals surface area (Å²) in [6.07, 6.45) is 2.69. The van der Waals surface area contributed by atoms with Crippen LogP contribution in [0.25, 0.3) is 0 Å². The normalized spacial score (nSPS) is 21.7. The van der Waals surface area contributed by atoms with E-state index in [2.05, 4.69) is 40.9 Å². The lowest BCUT2D eigenvalue weighted by Crippen LogP contribution is -2.37. The highest BCUT2D eigenvalue weighted by Gasteiger charge is 2.22. The van der Waals surface area contributed by atoms with E-state index in [4.69, 9.17) is 4.74 Å². The maximum Gasteiger partial charge on any atom is 0.146 e. The maximum atomic E-state index is 5.67. The SMILES string of the molecule is CC(C)c1nnc(CN[C@@H](C)[C@H]2CCCO2)n1C. The van der Waals surface area contributed by atoms with Gasteiger partial charge in [0.2, 0.25) is 0 Å². The van der Waals surface area contributed by atoms with E-state index < -0.39 is 0 Å². The summed E-state index contributed by atoms with van der Waals surface area (Å²) in [6, 6.07) is 0.367. The van der Waals surface area contributed by atoms with Gasteiger partial charge in [0.1, 0.15) is 11.6 Å². The third kappa shape index (κ3) is 2.90. The molecule has 2 rings (SSSR count). The summed E-state index contributed by atoms with van der Waals surface area (Å²) in [5.41, 5.74) is 0. The predicted molar refractivity (Wildman–Crippen MR) is 70.4 cm³/mol. The minimum Gasteiger partial charge on any atom is -0.377 e. The molecule has 1 saturated heterocycles. The molecule has 5 heteroatoms. The fourth-order valence-corrected chi connectivity index (χ4v) is 2.41. The van der Waals surface area contributed by atoms with Gasteiger partial charge in [-0.3, -0.25) is 0 Å². The Morgan fingerprint density at radius 3 is 2.72 bits per heavy atom. The number of nitrogens with one attached hydrogen (secondary N) is 1. The molecule has 2 heterocycles. The van der Waals surface area contributed by atoms with E-state index >= 15 is 0 Å². The zero-order valence-electron chi connectivity index (χ0n) is 11.8. The van der Waals surface area contributed by atoms with Gasteiger partial charge in [-0.15, -0.1) is 10.2 Å². The molecule has 1 N–H and O–H groups in total. The quantitative estimate of drug-likeness (QED) is 0.864. The van der Waals surface area contributed by atoms with Gasteiger partial charge in [-0.05, 0) is 19.8 Å². The molecule has 0 unspecified atom stereocenters. The van der Waals surface area contributed by atoms with Gasteiger partial charge in [0.25, 0.3) is 0 Å². The fourth-order valence-electron chi connectivity index (χ4n) is 2.41. The van der Waals surface area contributed by atoms with Gasteiger partial charge < -0.3 is 14.6 Å². The first-order valence-corrected chi connectivity index (χ1v) is 6.82. The lowest BCUT2D eigenvalue weighted by molar-refractivity contribution is 0.0829. The minimum absolute atomic E-state index is 0.350. The summed E-state index contributed by atoms with van der Waals surface area (Å²) < 4.78 is 7.75. The van der Waals surface area contributed by atoms with E-state index in [-0.39, 0.29) is 0 Å². The Hall–Kier alpha value is -0.940. The first-order valence-electron chi connectivity index (χ1n) is 6.82. The van der Waals surface area contributed by atoms with Crippen LogP contribution in [-0.4, -0.2) is 33.5 Å². The van der Waals surface area contributed by atoms with Crippen molar-refractivity contribution in [3.63, 3.8) is 0 Å². The van der Waals surface area contributed by atoms with Gasteiger partial charge in [-0.25, -0.2) is 0 Å². The van der Waals surface area contributed by atoms with E-state index in [0.29, 0.717) is 18.1 Å². The Morgan fingerprint density at radius 2 is 2.17 bits per heavy atom. The van der Waals surface area contributed by atoms with Crippen molar-refractivity contribution < 1.29 is 4.74 Å². The second kappa shape index (κ2) is 5.80. The highest BCUT2D eigenvalue weighted by atomic mass is 16.5. The minimum atomic E-state index is 0.350. The van der Waals surface area contributed by atoms with Crippen molar-refractivity contribution in [2.75, 3.05) is 6.61 Å². The van der Waals surface area contributed by atoms with Gasteiger partial charge in [0.05, 0.1) is 12.6 Å². The number of rotatable bonds is 5. The molecule has 0 saturated carbocycles. The third-order valence-electron chi connectivity index (χ3n) is 3.62. The summed E-state index contributed by atoms with van der Waals surface area (Å²) in [6.45, 7) is 8.09. The number of ether oxygens (including phenoxy) is 1. The Balaban J connectivity index is 1.89. The van der Waals surface area contributed by atoms with Crippen molar-refractivity contribution in [1.29, 1.82) is 0 Å². The molecule has 1 aromatic heterocycles. The number of hydrogen-bond acceptors (Lipinski definition) is 4. The third-order valence-corrected chi connectivity index (χ3v) is 3.62. The van der Waals surface area contributed by atoms with Crippen LogP contribution in [-0.2, 0) is 18.3 Å². The van der Waals surface area contributed by atoms with Crippen molar-refractivity contribution in [2.24, 2.45) is 7.05 Å². The fraction of sp³-hybridized carbons (Fsp3) is 0.846. The van der Waals surface area contributed by atoms with Crippen LogP contribution in [0.1, 0.15) is 51.2 Å². The molecule has 1 aliphatic rings. The summed E-state index contributed by atoms with van der Waals surface area (Å²) in [7, 11) is 2.03. The molecule has 0 spiro atoms. The standard InChI is InChI=1S/C13H24N4O/c1-9(2)13-16-15-12(17(13)4)8-14-10(3)11-6-5-7-18-11/h9-11,14H,5-8H2,1-4H3/t10-,11+/m0/s1. The number of nitrogens with zero attached hydrogens (tertiary/aromatic N) is 3. The summed E-state index contributed by atoms with van der Waals surface area (Å²) >= 11 is 0. The first-order chi connectivity index (χ1) is 8.59. The van der Waals surface area contributed by atoms with Gasteiger partial charge in [-0.1, -0.05) is 13.8 Å². The Bertz CT molecular complexity index is 382. The molecular formula is C13H24N4O. The highest BCUT2D eigenvalue weighted by Crippen LogP contribution is 2.16.